The number of carbonyl (C=O) groups excluding carboxylic acids is 2. The molecule has 3 rings (SSSR count). The summed E-state index contributed by atoms with van der Waals surface area (Å²) in [6.07, 6.45) is 1.02. The number of aromatic nitrogens is 2. The van der Waals surface area contributed by atoms with Crippen LogP contribution in [0.4, 0.5) is 11.5 Å². The third kappa shape index (κ3) is 1.46. The highest BCUT2D eigenvalue weighted by molar-refractivity contribution is 6.00. The monoisotopic (exact) mass is 242 g/mol. The van der Waals surface area contributed by atoms with E-state index in [4.69, 9.17) is 5.73 Å². The second kappa shape index (κ2) is 3.69. The molecule has 90 valence electrons. The number of nitrogens with one attached hydrogen (secondary N) is 2. The smallest absolute Gasteiger partial charge is 0.228 e. The molecule has 0 spiro atoms. The zero-order chi connectivity index (χ0) is 12.7. The number of nitrogens with two attached hydrogens (primary N) is 1. The van der Waals surface area contributed by atoms with Crippen LogP contribution in [0.5, 0.6) is 0 Å². The van der Waals surface area contributed by atoms with E-state index in [9.17, 15) is 9.59 Å². The molecule has 1 aromatic carbocycles. The van der Waals surface area contributed by atoms with Crippen LogP contribution in [0.15, 0.2) is 18.2 Å². The molecule has 0 aliphatic carbocycles. The summed E-state index contributed by atoms with van der Waals surface area (Å²) in [5.41, 5.74) is 9.00. The number of H-pyrrole nitrogens is 1. The summed E-state index contributed by atoms with van der Waals surface area (Å²) >= 11 is 0. The molecule has 1 aromatic heterocycles. The molecule has 6 heteroatoms. The number of fused-ring (bicyclic) bond motifs is 1. The SMILES string of the molecule is Nc1n[nH]c(-c2ccc3c(c2)CC(=O)N3)c1C=O. The molecule has 2 heterocycles. The topological polar surface area (TPSA) is 101 Å². The van der Waals surface area contributed by atoms with E-state index in [0.29, 0.717) is 24.0 Å². The summed E-state index contributed by atoms with van der Waals surface area (Å²) in [5.74, 6) is 0.150. The van der Waals surface area contributed by atoms with Crippen molar-refractivity contribution in [1.29, 1.82) is 0 Å². The van der Waals surface area contributed by atoms with Crippen LogP contribution in [-0.2, 0) is 11.2 Å². The van der Waals surface area contributed by atoms with Gasteiger partial charge < -0.3 is 11.1 Å². The number of hydrogen-bond acceptors (Lipinski definition) is 4. The maximum absolute atomic E-state index is 11.3. The maximum Gasteiger partial charge on any atom is 0.228 e. The van der Waals surface area contributed by atoms with Gasteiger partial charge in [-0.1, -0.05) is 6.07 Å². The molecule has 0 saturated carbocycles. The van der Waals surface area contributed by atoms with Crippen molar-refractivity contribution in [1.82, 2.24) is 10.2 Å². The van der Waals surface area contributed by atoms with Crippen molar-refractivity contribution in [3.63, 3.8) is 0 Å². The first kappa shape index (κ1) is 10.5. The largest absolute Gasteiger partial charge is 0.382 e. The van der Waals surface area contributed by atoms with Gasteiger partial charge in [0.1, 0.15) is 0 Å². The third-order valence-corrected chi connectivity index (χ3v) is 2.97. The molecule has 2 aromatic rings. The third-order valence-electron chi connectivity index (χ3n) is 2.97. The van der Waals surface area contributed by atoms with Crippen LogP contribution in [0.3, 0.4) is 0 Å². The predicted molar refractivity (Wildman–Crippen MR) is 66.2 cm³/mol. The van der Waals surface area contributed by atoms with Crippen molar-refractivity contribution in [2.24, 2.45) is 0 Å². The number of anilines is 2. The number of rotatable bonds is 2. The zero-order valence-electron chi connectivity index (χ0n) is 9.36. The predicted octanol–water partition coefficient (Wildman–Crippen LogP) is 0.966. The number of carbonyl (C=O) groups is 2. The summed E-state index contributed by atoms with van der Waals surface area (Å²) < 4.78 is 0. The molecule has 0 fully saturated rings. The average Bonchev–Trinajstić information content (AvgIpc) is 2.89. The van der Waals surface area contributed by atoms with E-state index in [1.807, 2.05) is 12.1 Å². The van der Waals surface area contributed by atoms with Gasteiger partial charge in [0.05, 0.1) is 17.7 Å². The number of nitrogen functional groups attached to an aromatic ring is 1. The molecule has 6 nitrogen and oxygen atoms in total. The van der Waals surface area contributed by atoms with Gasteiger partial charge in [0.2, 0.25) is 5.91 Å². The van der Waals surface area contributed by atoms with Crippen LogP contribution in [-0.4, -0.2) is 22.4 Å². The van der Waals surface area contributed by atoms with Crippen LogP contribution in [0.25, 0.3) is 11.3 Å². The minimum Gasteiger partial charge on any atom is -0.382 e. The van der Waals surface area contributed by atoms with Crippen LogP contribution >= 0.6 is 0 Å². The van der Waals surface area contributed by atoms with Gasteiger partial charge in [0.25, 0.3) is 0 Å². The number of hydrogen-bond donors (Lipinski definition) is 3. The Hall–Kier alpha value is -2.63. The van der Waals surface area contributed by atoms with Crippen molar-refractivity contribution in [2.75, 3.05) is 11.1 Å². The molecule has 18 heavy (non-hydrogen) atoms. The average molecular weight is 242 g/mol. The van der Waals surface area contributed by atoms with Crippen molar-refractivity contribution < 1.29 is 9.59 Å². The number of nitrogens with zero attached hydrogens (tertiary/aromatic N) is 1. The second-order valence-electron chi connectivity index (χ2n) is 4.11. The maximum atomic E-state index is 11.3. The molecule has 1 aliphatic rings. The molecule has 4 N–H and O–H groups in total. The Bertz CT molecular complexity index is 660. The fourth-order valence-electron chi connectivity index (χ4n) is 2.09. The van der Waals surface area contributed by atoms with E-state index < -0.39 is 0 Å². The number of benzene rings is 1. The van der Waals surface area contributed by atoms with Crippen molar-refractivity contribution >= 4 is 23.7 Å². The Morgan fingerprint density at radius 1 is 1.39 bits per heavy atom. The van der Waals surface area contributed by atoms with Gasteiger partial charge in [0.15, 0.2) is 12.1 Å². The Kier molecular flexibility index (Phi) is 2.16. The lowest BCUT2D eigenvalue weighted by Gasteiger charge is -2.02. The molecular formula is C12H10N4O2. The standard InChI is InChI=1S/C12H10N4O2/c13-12-8(5-17)11(15-16-12)6-1-2-9-7(3-6)4-10(18)14-9/h1-3,5H,4H2,(H,14,18)(H3,13,15,16). The van der Waals surface area contributed by atoms with E-state index in [1.165, 1.54) is 0 Å². The van der Waals surface area contributed by atoms with Gasteiger partial charge in [-0.25, -0.2) is 0 Å². The summed E-state index contributed by atoms with van der Waals surface area (Å²) in [4.78, 5) is 22.2. The molecule has 0 unspecified atom stereocenters. The Balaban J connectivity index is 2.11. The summed E-state index contributed by atoms with van der Waals surface area (Å²) in [6.45, 7) is 0. The van der Waals surface area contributed by atoms with E-state index >= 15 is 0 Å². The van der Waals surface area contributed by atoms with Gasteiger partial charge >= 0.3 is 0 Å². The Labute approximate surface area is 102 Å². The second-order valence-corrected chi connectivity index (χ2v) is 4.11. The summed E-state index contributed by atoms with van der Waals surface area (Å²) in [6, 6.07) is 5.47. The van der Waals surface area contributed by atoms with Gasteiger partial charge in [-0.3, -0.25) is 14.7 Å². The molecule has 1 aliphatic heterocycles. The van der Waals surface area contributed by atoms with Gasteiger partial charge in [0, 0.05) is 11.3 Å². The van der Waals surface area contributed by atoms with Crippen molar-refractivity contribution in [3.05, 3.63) is 29.3 Å². The fraction of sp³-hybridized carbons (Fsp3) is 0.0833. The van der Waals surface area contributed by atoms with E-state index in [2.05, 4.69) is 15.5 Å². The first-order valence-corrected chi connectivity index (χ1v) is 5.41. The lowest BCUT2D eigenvalue weighted by molar-refractivity contribution is -0.115. The first-order valence-electron chi connectivity index (χ1n) is 5.41. The van der Waals surface area contributed by atoms with Gasteiger partial charge in [-0.05, 0) is 17.7 Å². The van der Waals surface area contributed by atoms with Crippen molar-refractivity contribution in [3.8, 4) is 11.3 Å². The minimum atomic E-state index is -0.0260. The van der Waals surface area contributed by atoms with E-state index in [1.54, 1.807) is 6.07 Å². The first-order chi connectivity index (χ1) is 8.69. The highest BCUT2D eigenvalue weighted by atomic mass is 16.1. The number of amides is 1. The van der Waals surface area contributed by atoms with Crippen LogP contribution < -0.4 is 11.1 Å². The van der Waals surface area contributed by atoms with Crippen LogP contribution in [0.1, 0.15) is 15.9 Å². The highest BCUT2D eigenvalue weighted by Crippen LogP contribution is 2.30. The van der Waals surface area contributed by atoms with Gasteiger partial charge in [-0.2, -0.15) is 5.10 Å². The fourth-order valence-corrected chi connectivity index (χ4v) is 2.09. The molecule has 0 atom stereocenters. The lowest BCUT2D eigenvalue weighted by atomic mass is 10.0. The number of aromatic amines is 1. The molecule has 0 bridgehead atoms. The molecular weight excluding hydrogens is 232 g/mol. The number of aldehydes is 1. The van der Waals surface area contributed by atoms with Gasteiger partial charge in [-0.15, -0.1) is 0 Å². The molecule has 1 amide bonds. The van der Waals surface area contributed by atoms with E-state index in [0.717, 1.165) is 16.8 Å². The Morgan fingerprint density at radius 3 is 3.00 bits per heavy atom. The molecule has 0 saturated heterocycles. The zero-order valence-corrected chi connectivity index (χ0v) is 9.36. The summed E-state index contributed by atoms with van der Waals surface area (Å²) in [5, 5.41) is 9.29. The molecule has 0 radical (unpaired) electrons. The minimum absolute atomic E-state index is 0.0260. The Morgan fingerprint density at radius 2 is 2.22 bits per heavy atom. The van der Waals surface area contributed by atoms with Crippen LogP contribution in [0, 0.1) is 0 Å². The van der Waals surface area contributed by atoms with E-state index in [-0.39, 0.29) is 11.7 Å². The highest BCUT2D eigenvalue weighted by Gasteiger charge is 2.19. The summed E-state index contributed by atoms with van der Waals surface area (Å²) in [7, 11) is 0. The normalized spacial score (nSPS) is 13.2. The van der Waals surface area contributed by atoms with Crippen LogP contribution in [0.2, 0.25) is 0 Å². The lowest BCUT2D eigenvalue weighted by Crippen LogP contribution is -2.03. The van der Waals surface area contributed by atoms with Crippen molar-refractivity contribution in [2.45, 2.75) is 6.42 Å². The quantitative estimate of drug-likeness (QED) is 0.683.